The molecule has 1 aliphatic carbocycles. The summed E-state index contributed by atoms with van der Waals surface area (Å²) in [5.41, 5.74) is 3.31. The Morgan fingerprint density at radius 2 is 1.81 bits per heavy atom. The van der Waals surface area contributed by atoms with Crippen LogP contribution in [0.5, 0.6) is 0 Å². The molecule has 0 amide bonds. The summed E-state index contributed by atoms with van der Waals surface area (Å²) in [5, 5.41) is 3.50. The molecule has 1 N–H and O–H groups in total. The van der Waals surface area contributed by atoms with E-state index < -0.39 is 0 Å². The van der Waals surface area contributed by atoms with E-state index in [9.17, 15) is 0 Å². The molecule has 1 nitrogen and oxygen atoms in total. The maximum Gasteiger partial charge on any atom is -0.00173 e. The van der Waals surface area contributed by atoms with Crippen molar-refractivity contribution in [1.29, 1.82) is 0 Å². The van der Waals surface area contributed by atoms with Crippen molar-refractivity contribution in [3.63, 3.8) is 0 Å². The normalized spacial score (nSPS) is 30.3. The molecule has 3 rings (SSSR count). The molecule has 1 aromatic carbocycles. The third-order valence-corrected chi connectivity index (χ3v) is 4.20. The van der Waals surface area contributed by atoms with Crippen LogP contribution in [-0.4, -0.2) is 13.1 Å². The van der Waals surface area contributed by atoms with E-state index >= 15 is 0 Å². The molecule has 1 aliphatic heterocycles. The Labute approximate surface area is 98.3 Å². The van der Waals surface area contributed by atoms with Crippen molar-refractivity contribution in [2.45, 2.75) is 38.0 Å². The average molecular weight is 215 g/mol. The van der Waals surface area contributed by atoms with Crippen LogP contribution in [0.1, 0.15) is 49.1 Å². The summed E-state index contributed by atoms with van der Waals surface area (Å²) < 4.78 is 0. The monoisotopic (exact) mass is 215 g/mol. The van der Waals surface area contributed by atoms with Gasteiger partial charge in [-0.05, 0) is 61.2 Å². The second-order valence-electron chi connectivity index (χ2n) is 5.48. The van der Waals surface area contributed by atoms with Crippen molar-refractivity contribution in [2.75, 3.05) is 13.1 Å². The quantitative estimate of drug-likeness (QED) is 0.798. The predicted molar refractivity (Wildman–Crippen MR) is 67.8 cm³/mol. The second-order valence-corrected chi connectivity index (χ2v) is 5.48. The van der Waals surface area contributed by atoms with Crippen LogP contribution in [0.3, 0.4) is 0 Å². The van der Waals surface area contributed by atoms with Crippen molar-refractivity contribution in [3.8, 4) is 0 Å². The van der Waals surface area contributed by atoms with Gasteiger partial charge in [0.05, 0.1) is 0 Å². The zero-order valence-corrected chi connectivity index (χ0v) is 10.1. The lowest BCUT2D eigenvalue weighted by Gasteiger charge is -2.31. The fourth-order valence-electron chi connectivity index (χ4n) is 3.09. The van der Waals surface area contributed by atoms with Crippen LogP contribution in [0.2, 0.25) is 0 Å². The molecule has 2 atom stereocenters. The van der Waals surface area contributed by atoms with Gasteiger partial charge in [-0.1, -0.05) is 31.2 Å². The van der Waals surface area contributed by atoms with E-state index in [1.54, 1.807) is 11.1 Å². The van der Waals surface area contributed by atoms with Crippen molar-refractivity contribution in [2.24, 2.45) is 5.92 Å². The van der Waals surface area contributed by atoms with Gasteiger partial charge in [-0.15, -0.1) is 0 Å². The highest BCUT2D eigenvalue weighted by molar-refractivity contribution is 5.36. The maximum atomic E-state index is 3.50. The smallest absolute Gasteiger partial charge is 0.00173 e. The molecule has 1 aromatic rings. The van der Waals surface area contributed by atoms with Gasteiger partial charge in [-0.25, -0.2) is 0 Å². The summed E-state index contributed by atoms with van der Waals surface area (Å²) in [6.07, 6.45) is 4.14. The highest BCUT2D eigenvalue weighted by atomic mass is 14.9. The molecule has 1 heterocycles. The average Bonchev–Trinajstić information content (AvgIpc) is 3.14. The number of rotatable bonds is 2. The number of hydrogen-bond donors (Lipinski definition) is 1. The van der Waals surface area contributed by atoms with E-state index in [0.29, 0.717) is 0 Å². The van der Waals surface area contributed by atoms with E-state index in [4.69, 9.17) is 0 Å². The SMILES string of the molecule is CC1CNCCC1c1ccccc1C1CC1. The third-order valence-electron chi connectivity index (χ3n) is 4.20. The summed E-state index contributed by atoms with van der Waals surface area (Å²) in [5.74, 6) is 2.46. The lowest BCUT2D eigenvalue weighted by molar-refractivity contribution is 0.348. The molecule has 2 fully saturated rings. The lowest BCUT2D eigenvalue weighted by atomic mass is 9.79. The minimum atomic E-state index is 0.786. The molecule has 0 bridgehead atoms. The number of benzene rings is 1. The van der Waals surface area contributed by atoms with E-state index in [1.165, 1.54) is 32.4 Å². The van der Waals surface area contributed by atoms with Crippen LogP contribution in [0.25, 0.3) is 0 Å². The summed E-state index contributed by atoms with van der Waals surface area (Å²) in [7, 11) is 0. The van der Waals surface area contributed by atoms with Crippen LogP contribution in [0.4, 0.5) is 0 Å². The Morgan fingerprint density at radius 1 is 1.06 bits per heavy atom. The van der Waals surface area contributed by atoms with Crippen LogP contribution >= 0.6 is 0 Å². The fourth-order valence-corrected chi connectivity index (χ4v) is 3.09. The van der Waals surface area contributed by atoms with Crippen LogP contribution in [0, 0.1) is 5.92 Å². The second kappa shape index (κ2) is 4.21. The van der Waals surface area contributed by atoms with Gasteiger partial charge < -0.3 is 5.32 Å². The van der Waals surface area contributed by atoms with Crippen molar-refractivity contribution in [1.82, 2.24) is 5.32 Å². The van der Waals surface area contributed by atoms with Crippen LogP contribution in [-0.2, 0) is 0 Å². The van der Waals surface area contributed by atoms with Gasteiger partial charge in [0.2, 0.25) is 0 Å². The largest absolute Gasteiger partial charge is 0.316 e. The van der Waals surface area contributed by atoms with Crippen molar-refractivity contribution >= 4 is 0 Å². The molecule has 1 saturated carbocycles. The molecule has 86 valence electrons. The Morgan fingerprint density at radius 3 is 2.50 bits per heavy atom. The molecular weight excluding hydrogens is 194 g/mol. The first kappa shape index (κ1) is 10.3. The van der Waals surface area contributed by atoms with Gasteiger partial charge >= 0.3 is 0 Å². The van der Waals surface area contributed by atoms with Gasteiger partial charge in [0.25, 0.3) is 0 Å². The van der Waals surface area contributed by atoms with E-state index in [2.05, 4.69) is 36.5 Å². The Balaban J connectivity index is 1.91. The summed E-state index contributed by atoms with van der Waals surface area (Å²) >= 11 is 0. The first-order chi connectivity index (χ1) is 7.86. The standard InChI is InChI=1S/C15H21N/c1-11-10-16-9-8-13(11)15-5-3-2-4-14(15)12-6-7-12/h2-5,11-13,16H,6-10H2,1H3. The molecule has 0 aromatic heterocycles. The number of hydrogen-bond acceptors (Lipinski definition) is 1. The Kier molecular flexibility index (Phi) is 2.72. The molecular formula is C15H21N. The molecule has 1 heteroatoms. The van der Waals surface area contributed by atoms with Gasteiger partial charge in [0, 0.05) is 0 Å². The minimum Gasteiger partial charge on any atom is -0.316 e. The highest BCUT2D eigenvalue weighted by Gasteiger charge is 2.30. The maximum absolute atomic E-state index is 3.50. The van der Waals surface area contributed by atoms with E-state index in [0.717, 1.165) is 17.8 Å². The van der Waals surface area contributed by atoms with Gasteiger partial charge in [0.1, 0.15) is 0 Å². The molecule has 0 radical (unpaired) electrons. The number of nitrogens with one attached hydrogen (secondary N) is 1. The summed E-state index contributed by atoms with van der Waals surface area (Å²) in [6.45, 7) is 4.76. The van der Waals surface area contributed by atoms with E-state index in [1.807, 2.05) is 0 Å². The van der Waals surface area contributed by atoms with Crippen molar-refractivity contribution in [3.05, 3.63) is 35.4 Å². The molecule has 2 unspecified atom stereocenters. The zero-order valence-electron chi connectivity index (χ0n) is 10.1. The minimum absolute atomic E-state index is 0.786. The Bertz CT molecular complexity index is 367. The lowest BCUT2D eigenvalue weighted by Crippen LogP contribution is -2.34. The van der Waals surface area contributed by atoms with Gasteiger partial charge in [0.15, 0.2) is 0 Å². The first-order valence-electron chi connectivity index (χ1n) is 6.66. The summed E-state index contributed by atoms with van der Waals surface area (Å²) in [6, 6.07) is 9.17. The van der Waals surface area contributed by atoms with Crippen molar-refractivity contribution < 1.29 is 0 Å². The zero-order chi connectivity index (χ0) is 11.0. The van der Waals surface area contributed by atoms with E-state index in [-0.39, 0.29) is 0 Å². The third kappa shape index (κ3) is 1.89. The molecule has 1 saturated heterocycles. The fraction of sp³-hybridized carbons (Fsp3) is 0.600. The number of piperidine rings is 1. The molecule has 16 heavy (non-hydrogen) atoms. The van der Waals surface area contributed by atoms with Gasteiger partial charge in [-0.3, -0.25) is 0 Å². The van der Waals surface area contributed by atoms with Crippen LogP contribution < -0.4 is 5.32 Å². The molecule has 2 aliphatic rings. The summed E-state index contributed by atoms with van der Waals surface area (Å²) in [4.78, 5) is 0. The predicted octanol–water partition coefficient (Wildman–Crippen LogP) is 3.28. The topological polar surface area (TPSA) is 12.0 Å². The first-order valence-corrected chi connectivity index (χ1v) is 6.66. The van der Waals surface area contributed by atoms with Gasteiger partial charge in [-0.2, -0.15) is 0 Å². The molecule has 0 spiro atoms. The highest BCUT2D eigenvalue weighted by Crippen LogP contribution is 2.45. The van der Waals surface area contributed by atoms with Crippen LogP contribution in [0.15, 0.2) is 24.3 Å². The Hall–Kier alpha value is -0.820.